The first-order valence-electron chi connectivity index (χ1n) is 24.2. The van der Waals surface area contributed by atoms with E-state index in [0.717, 1.165) is 64.2 Å². The van der Waals surface area contributed by atoms with Crippen molar-refractivity contribution in [3.63, 3.8) is 0 Å². The Morgan fingerprint density at radius 1 is 0.586 bits per heavy atom. The van der Waals surface area contributed by atoms with E-state index in [4.69, 9.17) is 9.47 Å². The third-order valence-electron chi connectivity index (χ3n) is 11.5. The molecule has 9 nitrogen and oxygen atoms in total. The number of nitrogens with one attached hydrogen (secondary N) is 1. The number of ether oxygens (including phenoxy) is 2. The lowest BCUT2D eigenvalue weighted by atomic mass is 9.99. The average molecular weight is 822 g/mol. The highest BCUT2D eigenvalue weighted by molar-refractivity contribution is 5.76. The van der Waals surface area contributed by atoms with Gasteiger partial charge in [0.15, 0.2) is 6.29 Å². The largest absolute Gasteiger partial charge is 0.394 e. The van der Waals surface area contributed by atoms with Crippen molar-refractivity contribution < 1.29 is 39.8 Å². The van der Waals surface area contributed by atoms with Crippen molar-refractivity contribution in [1.82, 2.24) is 5.32 Å². The van der Waals surface area contributed by atoms with Gasteiger partial charge in [-0.25, -0.2) is 0 Å². The molecule has 1 fully saturated rings. The van der Waals surface area contributed by atoms with Crippen LogP contribution in [0.15, 0.2) is 36.5 Å². The van der Waals surface area contributed by atoms with Crippen molar-refractivity contribution in [2.45, 2.75) is 256 Å². The standard InChI is InChI=1S/C49H91NO8/c1-3-5-7-9-11-13-15-17-19-20-21-22-23-24-25-27-29-31-33-35-37-39-45(53)50-42(41-57-49-48(56)47(55)46(54)44(40-51)58-49)43(52)38-36-34-32-30-28-26-18-16-14-12-10-8-6-4-2/h15,17,20-21,23-24,42-44,46-49,51-52,54-56H,3-14,16,18-19,22,25-41H2,1-2H3,(H,50,53)/b17-15-,21-20-,24-23-. The van der Waals surface area contributed by atoms with Crippen LogP contribution in [0.25, 0.3) is 0 Å². The van der Waals surface area contributed by atoms with Crippen LogP contribution in [-0.4, -0.2) is 87.5 Å². The van der Waals surface area contributed by atoms with Crippen molar-refractivity contribution in [3.8, 4) is 0 Å². The number of rotatable bonds is 40. The second-order valence-corrected chi connectivity index (χ2v) is 16.9. The Hall–Kier alpha value is -1.59. The fourth-order valence-corrected chi connectivity index (χ4v) is 7.58. The molecule has 340 valence electrons. The number of carbonyl (C=O) groups is 1. The SMILES string of the molecule is CCCCCCC/C=C\C/C=C\C/C=C\CCCCCCCCC(=O)NC(COC1OC(CO)C(O)C(O)C1O)C(O)CCCCCCCCCCCCCCCC. The Kier molecular flexibility index (Phi) is 37.1. The number of aliphatic hydroxyl groups excluding tert-OH is 5. The van der Waals surface area contributed by atoms with Crippen molar-refractivity contribution in [3.05, 3.63) is 36.5 Å². The van der Waals surface area contributed by atoms with E-state index in [0.29, 0.717) is 12.8 Å². The molecule has 0 aromatic heterocycles. The minimum absolute atomic E-state index is 0.143. The van der Waals surface area contributed by atoms with Gasteiger partial charge >= 0.3 is 0 Å². The van der Waals surface area contributed by atoms with Gasteiger partial charge in [0.1, 0.15) is 24.4 Å². The molecule has 1 saturated heterocycles. The van der Waals surface area contributed by atoms with Crippen molar-refractivity contribution in [2.75, 3.05) is 13.2 Å². The van der Waals surface area contributed by atoms with E-state index >= 15 is 0 Å². The minimum atomic E-state index is -1.56. The van der Waals surface area contributed by atoms with Crippen LogP contribution in [0.2, 0.25) is 0 Å². The summed E-state index contributed by atoms with van der Waals surface area (Å²) < 4.78 is 11.3. The number of hydrogen-bond acceptors (Lipinski definition) is 8. The zero-order valence-electron chi connectivity index (χ0n) is 37.3. The second-order valence-electron chi connectivity index (χ2n) is 16.9. The molecule has 9 heteroatoms. The number of aliphatic hydroxyl groups is 5. The Morgan fingerprint density at radius 2 is 1.02 bits per heavy atom. The van der Waals surface area contributed by atoms with E-state index in [1.807, 2.05) is 0 Å². The monoisotopic (exact) mass is 822 g/mol. The molecule has 1 amide bonds. The zero-order chi connectivity index (χ0) is 42.3. The van der Waals surface area contributed by atoms with Crippen LogP contribution in [-0.2, 0) is 14.3 Å². The highest BCUT2D eigenvalue weighted by Crippen LogP contribution is 2.23. The molecular formula is C49H91NO8. The molecular weight excluding hydrogens is 731 g/mol. The first kappa shape index (κ1) is 54.4. The van der Waals surface area contributed by atoms with E-state index in [1.165, 1.54) is 122 Å². The zero-order valence-corrected chi connectivity index (χ0v) is 37.3. The van der Waals surface area contributed by atoms with Gasteiger partial charge < -0.3 is 40.3 Å². The van der Waals surface area contributed by atoms with E-state index in [2.05, 4.69) is 55.6 Å². The Balaban J connectivity index is 2.31. The third-order valence-corrected chi connectivity index (χ3v) is 11.5. The van der Waals surface area contributed by atoms with Crippen LogP contribution in [0.3, 0.4) is 0 Å². The predicted molar refractivity (Wildman–Crippen MR) is 240 cm³/mol. The maximum Gasteiger partial charge on any atom is 0.220 e. The maximum atomic E-state index is 13.0. The number of hydrogen-bond donors (Lipinski definition) is 6. The summed E-state index contributed by atoms with van der Waals surface area (Å²) in [4.78, 5) is 13.0. The topological polar surface area (TPSA) is 149 Å². The van der Waals surface area contributed by atoms with Crippen LogP contribution >= 0.6 is 0 Å². The number of allylic oxidation sites excluding steroid dienone is 6. The number of amides is 1. The second kappa shape index (κ2) is 39.5. The van der Waals surface area contributed by atoms with Gasteiger partial charge in [0, 0.05) is 6.42 Å². The first-order chi connectivity index (χ1) is 28.3. The maximum absolute atomic E-state index is 13.0. The van der Waals surface area contributed by atoms with Crippen LogP contribution in [0.4, 0.5) is 0 Å². The van der Waals surface area contributed by atoms with E-state index in [1.54, 1.807) is 0 Å². The molecule has 58 heavy (non-hydrogen) atoms. The molecule has 1 aliphatic heterocycles. The molecule has 7 unspecified atom stereocenters. The summed E-state index contributed by atoms with van der Waals surface area (Å²) in [5, 5.41) is 54.4. The Bertz CT molecular complexity index is 1000. The van der Waals surface area contributed by atoms with Crippen LogP contribution in [0.1, 0.15) is 213 Å². The minimum Gasteiger partial charge on any atom is -0.394 e. The Morgan fingerprint density at radius 3 is 1.50 bits per heavy atom. The summed E-state index contributed by atoms with van der Waals surface area (Å²) >= 11 is 0. The average Bonchev–Trinajstić information content (AvgIpc) is 3.22. The summed E-state index contributed by atoms with van der Waals surface area (Å²) in [7, 11) is 0. The van der Waals surface area contributed by atoms with Crippen LogP contribution < -0.4 is 5.32 Å². The van der Waals surface area contributed by atoms with Gasteiger partial charge in [0.25, 0.3) is 0 Å². The highest BCUT2D eigenvalue weighted by atomic mass is 16.7. The Labute approximate surface area is 355 Å². The fraction of sp³-hybridized carbons (Fsp3) is 0.857. The molecule has 1 aliphatic rings. The number of unbranched alkanes of at least 4 members (excludes halogenated alkanes) is 24. The molecule has 7 atom stereocenters. The van der Waals surface area contributed by atoms with Gasteiger partial charge in [-0.3, -0.25) is 4.79 Å². The highest BCUT2D eigenvalue weighted by Gasteiger charge is 2.44. The molecule has 1 heterocycles. The van der Waals surface area contributed by atoms with Gasteiger partial charge in [-0.15, -0.1) is 0 Å². The quantitative estimate of drug-likeness (QED) is 0.0264. The fourth-order valence-electron chi connectivity index (χ4n) is 7.58. The normalized spacial score (nSPS) is 21.1. The van der Waals surface area contributed by atoms with Gasteiger partial charge in [0.05, 0.1) is 25.4 Å². The summed E-state index contributed by atoms with van der Waals surface area (Å²) in [5.41, 5.74) is 0. The molecule has 0 radical (unpaired) electrons. The van der Waals surface area contributed by atoms with Gasteiger partial charge in [-0.2, -0.15) is 0 Å². The van der Waals surface area contributed by atoms with E-state index in [9.17, 15) is 30.3 Å². The molecule has 0 saturated carbocycles. The summed E-state index contributed by atoms with van der Waals surface area (Å²) in [6.07, 6.45) is 41.4. The summed E-state index contributed by atoms with van der Waals surface area (Å²) in [5.74, 6) is -0.157. The lowest BCUT2D eigenvalue weighted by Crippen LogP contribution is -2.60. The lowest BCUT2D eigenvalue weighted by molar-refractivity contribution is -0.302. The first-order valence-corrected chi connectivity index (χ1v) is 24.2. The van der Waals surface area contributed by atoms with Crippen molar-refractivity contribution in [1.29, 1.82) is 0 Å². The summed E-state index contributed by atoms with van der Waals surface area (Å²) in [6.45, 7) is 3.81. The van der Waals surface area contributed by atoms with Gasteiger partial charge in [-0.1, -0.05) is 192 Å². The lowest BCUT2D eigenvalue weighted by Gasteiger charge is -2.40. The van der Waals surface area contributed by atoms with E-state index in [-0.39, 0.29) is 12.5 Å². The smallest absolute Gasteiger partial charge is 0.220 e. The van der Waals surface area contributed by atoms with Gasteiger partial charge in [-0.05, 0) is 51.4 Å². The van der Waals surface area contributed by atoms with Crippen molar-refractivity contribution >= 4 is 5.91 Å². The molecule has 0 aromatic rings. The molecule has 0 aromatic carbocycles. The molecule has 6 N–H and O–H groups in total. The van der Waals surface area contributed by atoms with Crippen molar-refractivity contribution in [2.24, 2.45) is 0 Å². The van der Waals surface area contributed by atoms with Crippen LogP contribution in [0.5, 0.6) is 0 Å². The van der Waals surface area contributed by atoms with E-state index < -0.39 is 49.5 Å². The molecule has 0 aliphatic carbocycles. The van der Waals surface area contributed by atoms with Gasteiger partial charge in [0.2, 0.25) is 5.91 Å². The predicted octanol–water partition coefficient (Wildman–Crippen LogP) is 10.5. The third kappa shape index (κ3) is 29.6. The molecule has 0 bridgehead atoms. The van der Waals surface area contributed by atoms with Crippen LogP contribution in [0, 0.1) is 0 Å². The molecule has 0 spiro atoms. The summed E-state index contributed by atoms with van der Waals surface area (Å²) in [6, 6.07) is -0.725. The molecule has 1 rings (SSSR count). The number of carbonyl (C=O) groups excluding carboxylic acids is 1.